The van der Waals surface area contributed by atoms with Gasteiger partial charge in [0, 0.05) is 30.5 Å². The van der Waals surface area contributed by atoms with Crippen molar-refractivity contribution in [3.05, 3.63) is 35.7 Å². The Kier molecular flexibility index (Phi) is 3.57. The van der Waals surface area contributed by atoms with Crippen molar-refractivity contribution in [1.29, 1.82) is 0 Å². The molecule has 5 rings (SSSR count). The number of aliphatic imine (C=N–C) groups is 1. The van der Waals surface area contributed by atoms with E-state index >= 15 is 0 Å². The number of nitrogens with one attached hydrogen (secondary N) is 2. The lowest BCUT2D eigenvalue weighted by molar-refractivity contribution is 0.344. The summed E-state index contributed by atoms with van der Waals surface area (Å²) < 4.78 is 7.68. The Labute approximate surface area is 153 Å². The average Bonchev–Trinajstić information content (AvgIpc) is 3.35. The molecule has 0 amide bonds. The van der Waals surface area contributed by atoms with Crippen molar-refractivity contribution in [2.45, 2.75) is 43.6 Å². The highest BCUT2D eigenvalue weighted by Crippen LogP contribution is 2.53. The Bertz CT molecular complexity index is 874. The van der Waals surface area contributed by atoms with Crippen LogP contribution >= 0.6 is 0 Å². The molecule has 1 aromatic heterocycles. The summed E-state index contributed by atoms with van der Waals surface area (Å²) >= 11 is 0. The molecule has 26 heavy (non-hydrogen) atoms. The summed E-state index contributed by atoms with van der Waals surface area (Å²) in [6, 6.07) is 4.76. The summed E-state index contributed by atoms with van der Waals surface area (Å²) in [5, 5.41) is 11.7. The van der Waals surface area contributed by atoms with Crippen LogP contribution in [0.15, 0.2) is 29.5 Å². The number of hydrogen-bond donors (Lipinski definition) is 2. The van der Waals surface area contributed by atoms with Crippen LogP contribution in [0.3, 0.4) is 0 Å². The monoisotopic (exact) mass is 351 g/mol. The minimum Gasteiger partial charge on any atom is -0.494 e. The highest BCUT2D eigenvalue weighted by molar-refractivity contribution is 6.10. The van der Waals surface area contributed by atoms with Gasteiger partial charge in [0.15, 0.2) is 0 Å². The third-order valence-electron chi connectivity index (χ3n) is 6.28. The lowest BCUT2D eigenvalue weighted by Gasteiger charge is -2.38. The van der Waals surface area contributed by atoms with E-state index in [0.29, 0.717) is 6.04 Å². The van der Waals surface area contributed by atoms with Crippen LogP contribution in [0.4, 0.5) is 5.69 Å². The van der Waals surface area contributed by atoms with Gasteiger partial charge in [-0.25, -0.2) is 4.68 Å². The van der Waals surface area contributed by atoms with Crippen molar-refractivity contribution >= 4 is 11.5 Å². The van der Waals surface area contributed by atoms with Crippen molar-refractivity contribution in [3.63, 3.8) is 0 Å². The number of aromatic nitrogens is 2. The third kappa shape index (κ3) is 2.14. The average molecular weight is 351 g/mol. The van der Waals surface area contributed by atoms with Crippen LogP contribution < -0.4 is 15.4 Å². The van der Waals surface area contributed by atoms with Gasteiger partial charge < -0.3 is 15.4 Å². The fourth-order valence-electron chi connectivity index (χ4n) is 4.71. The molecular weight excluding hydrogens is 326 g/mol. The molecule has 0 radical (unpaired) electrons. The molecule has 2 N–H and O–H groups in total. The fourth-order valence-corrected chi connectivity index (χ4v) is 4.71. The molecule has 1 aromatic carbocycles. The van der Waals surface area contributed by atoms with Crippen LogP contribution in [-0.2, 0) is 5.41 Å². The van der Waals surface area contributed by atoms with E-state index in [-0.39, 0.29) is 5.41 Å². The summed E-state index contributed by atoms with van der Waals surface area (Å²) in [6.07, 6.45) is 10.0. The molecule has 1 atom stereocenters. The van der Waals surface area contributed by atoms with Crippen LogP contribution in [0.5, 0.6) is 5.75 Å². The summed E-state index contributed by atoms with van der Waals surface area (Å²) in [4.78, 5) is 4.53. The molecule has 3 heterocycles. The van der Waals surface area contributed by atoms with Crippen LogP contribution in [0, 0.1) is 0 Å². The normalized spacial score (nSPS) is 24.5. The zero-order valence-electron chi connectivity index (χ0n) is 15.4. The zero-order chi connectivity index (χ0) is 17.7. The van der Waals surface area contributed by atoms with Crippen molar-refractivity contribution in [3.8, 4) is 11.4 Å². The minimum absolute atomic E-state index is 0.0684. The van der Waals surface area contributed by atoms with Crippen LogP contribution in [0.2, 0.25) is 0 Å². The van der Waals surface area contributed by atoms with Crippen LogP contribution in [0.1, 0.15) is 49.3 Å². The largest absolute Gasteiger partial charge is 0.494 e. The maximum Gasteiger partial charge on any atom is 0.144 e. The van der Waals surface area contributed by atoms with Gasteiger partial charge in [-0.15, -0.1) is 0 Å². The predicted octanol–water partition coefficient (Wildman–Crippen LogP) is 3.18. The number of hydrogen-bond acceptors (Lipinski definition) is 4. The summed E-state index contributed by atoms with van der Waals surface area (Å²) in [5.74, 6) is 1.96. The number of anilines is 1. The summed E-state index contributed by atoms with van der Waals surface area (Å²) in [5.41, 5.74) is 4.73. The first kappa shape index (κ1) is 15.9. The second kappa shape index (κ2) is 5.84. The maximum absolute atomic E-state index is 5.75. The van der Waals surface area contributed by atoms with Gasteiger partial charge in [0.05, 0.1) is 18.7 Å². The van der Waals surface area contributed by atoms with Gasteiger partial charge in [-0.05, 0) is 49.9 Å². The Hall–Kier alpha value is -2.34. The molecule has 2 aliphatic heterocycles. The van der Waals surface area contributed by atoms with Crippen LogP contribution in [-0.4, -0.2) is 36.3 Å². The number of amidine groups is 1. The van der Waals surface area contributed by atoms with Gasteiger partial charge in [0.25, 0.3) is 0 Å². The van der Waals surface area contributed by atoms with Crippen molar-refractivity contribution < 1.29 is 4.74 Å². The molecule has 1 saturated carbocycles. The molecule has 3 aliphatic rings. The Balaban J connectivity index is 1.57. The molecule has 2 fully saturated rings. The summed E-state index contributed by atoms with van der Waals surface area (Å²) in [6.45, 7) is 1.09. The first-order valence-electron chi connectivity index (χ1n) is 9.50. The van der Waals surface area contributed by atoms with Crippen molar-refractivity contribution in [2.24, 2.45) is 4.99 Å². The summed E-state index contributed by atoms with van der Waals surface area (Å²) in [7, 11) is 3.61. The predicted molar refractivity (Wildman–Crippen MR) is 103 cm³/mol. The topological polar surface area (TPSA) is 63.5 Å². The molecule has 6 nitrogen and oxygen atoms in total. The maximum atomic E-state index is 5.75. The van der Waals surface area contributed by atoms with E-state index in [1.807, 2.05) is 17.9 Å². The Morgan fingerprint density at radius 2 is 2.19 bits per heavy atom. The van der Waals surface area contributed by atoms with E-state index < -0.39 is 0 Å². The van der Waals surface area contributed by atoms with E-state index in [4.69, 9.17) is 4.74 Å². The second-order valence-electron chi connectivity index (χ2n) is 7.57. The van der Waals surface area contributed by atoms with E-state index in [1.54, 1.807) is 7.11 Å². The molecule has 2 aromatic rings. The number of fused-ring (bicyclic) bond motifs is 2. The smallest absolute Gasteiger partial charge is 0.144 e. The van der Waals surface area contributed by atoms with Gasteiger partial charge in [0.1, 0.15) is 17.3 Å². The van der Waals surface area contributed by atoms with Crippen LogP contribution in [0.25, 0.3) is 5.69 Å². The molecule has 1 aliphatic carbocycles. The fraction of sp³-hybridized carbons (Fsp3) is 0.500. The van der Waals surface area contributed by atoms with Gasteiger partial charge in [-0.2, -0.15) is 5.10 Å². The zero-order valence-corrected chi connectivity index (χ0v) is 15.4. The third-order valence-corrected chi connectivity index (χ3v) is 6.28. The molecule has 0 unspecified atom stereocenters. The minimum atomic E-state index is 0.0684. The highest BCUT2D eigenvalue weighted by Gasteiger charge is 2.49. The van der Waals surface area contributed by atoms with E-state index in [2.05, 4.69) is 39.1 Å². The lowest BCUT2D eigenvalue weighted by atomic mass is 9.65. The van der Waals surface area contributed by atoms with E-state index in [0.717, 1.165) is 42.3 Å². The highest BCUT2D eigenvalue weighted by atomic mass is 16.5. The molecular formula is C20H25N5O. The quantitative estimate of drug-likeness (QED) is 0.891. The molecule has 136 valence electrons. The first-order chi connectivity index (χ1) is 12.7. The standard InChI is InChI=1S/C20H25N5O/c1-21-19-20(6-4-7-20)14-9-18(26-2)17(10-16(14)24-19)25-12-13(11-23-25)15-5-3-8-22-15/h9-12,15,22H,3-8H2,1-2H3,(H,21,24)/t15-/m0/s1. The number of methoxy groups -OCH3 is 1. The number of benzene rings is 1. The molecule has 1 saturated heterocycles. The SMILES string of the molecule is CN=C1Nc2cc(-n3cc([C@@H]4CCCN4)cn3)c(OC)cc2C12CCC2. The molecule has 6 heteroatoms. The first-order valence-corrected chi connectivity index (χ1v) is 9.50. The van der Waals surface area contributed by atoms with E-state index in [9.17, 15) is 0 Å². The number of ether oxygens (including phenoxy) is 1. The Morgan fingerprint density at radius 1 is 1.31 bits per heavy atom. The second-order valence-corrected chi connectivity index (χ2v) is 7.57. The lowest BCUT2D eigenvalue weighted by Crippen LogP contribution is -2.41. The van der Waals surface area contributed by atoms with Crippen molar-refractivity contribution in [2.75, 3.05) is 26.0 Å². The number of nitrogens with zero attached hydrogens (tertiary/aromatic N) is 3. The van der Waals surface area contributed by atoms with Gasteiger partial charge in [0.2, 0.25) is 0 Å². The molecule has 1 spiro atoms. The van der Waals surface area contributed by atoms with Gasteiger partial charge in [-0.3, -0.25) is 4.99 Å². The van der Waals surface area contributed by atoms with E-state index in [1.165, 1.54) is 30.4 Å². The Morgan fingerprint density at radius 3 is 2.85 bits per heavy atom. The van der Waals surface area contributed by atoms with Gasteiger partial charge in [-0.1, -0.05) is 6.42 Å². The molecule has 0 bridgehead atoms. The number of rotatable bonds is 3. The van der Waals surface area contributed by atoms with Crippen molar-refractivity contribution in [1.82, 2.24) is 15.1 Å². The van der Waals surface area contributed by atoms with Gasteiger partial charge >= 0.3 is 0 Å².